The molecule has 0 aliphatic rings. The number of hydrogen-bond acceptors (Lipinski definition) is 3. The molecule has 0 rings (SSSR count). The Morgan fingerprint density at radius 2 is 1.88 bits per heavy atom. The van der Waals surface area contributed by atoms with Crippen LogP contribution in [0, 0.1) is 11.3 Å². The van der Waals surface area contributed by atoms with Crippen LogP contribution < -0.4 is 4.72 Å². The third-order valence-corrected chi connectivity index (χ3v) is 4.14. The number of rotatable bonds is 8. The predicted octanol–water partition coefficient (Wildman–Crippen LogP) is 1.31. The second kappa shape index (κ2) is 6.66. The number of sulfonamides is 1. The fraction of sp³-hybridized carbons (Fsp3) is 1.00. The van der Waals surface area contributed by atoms with Crippen LogP contribution in [0.3, 0.4) is 0 Å². The third-order valence-electron chi connectivity index (χ3n) is 2.73. The standard InChI is InChI=1S/C11H24FNO3S/c1-9(2)10(14)11(3,4)8-13-17(15,16)7-5-6-12/h9-10,13-14H,5-8H2,1-4H3. The van der Waals surface area contributed by atoms with Gasteiger partial charge in [-0.25, -0.2) is 13.1 Å². The fourth-order valence-corrected chi connectivity index (χ4v) is 2.85. The monoisotopic (exact) mass is 269 g/mol. The zero-order valence-electron chi connectivity index (χ0n) is 11.0. The van der Waals surface area contributed by atoms with E-state index in [4.69, 9.17) is 0 Å². The summed E-state index contributed by atoms with van der Waals surface area (Å²) in [5.41, 5.74) is -0.545. The van der Waals surface area contributed by atoms with Gasteiger partial charge in [0.15, 0.2) is 0 Å². The average molecular weight is 269 g/mol. The normalized spacial score (nSPS) is 15.2. The van der Waals surface area contributed by atoms with Crippen molar-refractivity contribution in [1.82, 2.24) is 4.72 Å². The van der Waals surface area contributed by atoms with Crippen LogP contribution in [0.15, 0.2) is 0 Å². The first kappa shape index (κ1) is 16.8. The second-order valence-corrected chi connectivity index (χ2v) is 7.29. The summed E-state index contributed by atoms with van der Waals surface area (Å²) < 4.78 is 37.3. The first-order valence-electron chi connectivity index (χ1n) is 5.84. The lowest BCUT2D eigenvalue weighted by Gasteiger charge is -2.33. The highest BCUT2D eigenvalue weighted by Gasteiger charge is 2.31. The summed E-state index contributed by atoms with van der Waals surface area (Å²) in [4.78, 5) is 0. The smallest absolute Gasteiger partial charge is 0.211 e. The molecule has 0 aromatic heterocycles. The van der Waals surface area contributed by atoms with Crippen LogP contribution in [-0.4, -0.2) is 38.6 Å². The number of alkyl halides is 1. The van der Waals surface area contributed by atoms with Gasteiger partial charge in [0.25, 0.3) is 0 Å². The van der Waals surface area contributed by atoms with Crippen molar-refractivity contribution in [2.75, 3.05) is 19.0 Å². The predicted molar refractivity (Wildman–Crippen MR) is 67.0 cm³/mol. The molecule has 17 heavy (non-hydrogen) atoms. The maximum Gasteiger partial charge on any atom is 0.211 e. The summed E-state index contributed by atoms with van der Waals surface area (Å²) >= 11 is 0. The van der Waals surface area contributed by atoms with E-state index < -0.39 is 28.2 Å². The van der Waals surface area contributed by atoms with Gasteiger partial charge in [-0.2, -0.15) is 0 Å². The van der Waals surface area contributed by atoms with Crippen molar-refractivity contribution in [1.29, 1.82) is 0 Å². The Labute approximate surface area is 104 Å². The Kier molecular flexibility index (Phi) is 6.58. The summed E-state index contributed by atoms with van der Waals surface area (Å²) in [7, 11) is -3.44. The van der Waals surface area contributed by atoms with Crippen molar-refractivity contribution in [2.24, 2.45) is 11.3 Å². The lowest BCUT2D eigenvalue weighted by molar-refractivity contribution is 0.0166. The molecular weight excluding hydrogens is 245 g/mol. The van der Waals surface area contributed by atoms with Crippen molar-refractivity contribution in [3.63, 3.8) is 0 Å². The summed E-state index contributed by atoms with van der Waals surface area (Å²) in [6.45, 7) is 6.87. The average Bonchev–Trinajstić information content (AvgIpc) is 2.23. The van der Waals surface area contributed by atoms with Crippen molar-refractivity contribution in [3.8, 4) is 0 Å². The van der Waals surface area contributed by atoms with E-state index in [1.54, 1.807) is 13.8 Å². The van der Waals surface area contributed by atoms with Crippen LogP contribution >= 0.6 is 0 Å². The minimum atomic E-state index is -3.44. The number of aliphatic hydroxyl groups excluding tert-OH is 1. The van der Waals surface area contributed by atoms with E-state index in [9.17, 15) is 17.9 Å². The van der Waals surface area contributed by atoms with Gasteiger partial charge in [0.05, 0.1) is 18.5 Å². The first-order valence-corrected chi connectivity index (χ1v) is 7.49. The highest BCUT2D eigenvalue weighted by atomic mass is 32.2. The van der Waals surface area contributed by atoms with Crippen molar-refractivity contribution >= 4 is 10.0 Å². The molecule has 0 spiro atoms. The minimum Gasteiger partial charge on any atom is -0.392 e. The lowest BCUT2D eigenvalue weighted by Crippen LogP contribution is -2.44. The van der Waals surface area contributed by atoms with Crippen LogP contribution in [0.1, 0.15) is 34.1 Å². The quantitative estimate of drug-likeness (QED) is 0.698. The van der Waals surface area contributed by atoms with Crippen LogP contribution in [0.2, 0.25) is 0 Å². The molecule has 1 atom stereocenters. The fourth-order valence-electron chi connectivity index (χ4n) is 1.62. The molecule has 0 amide bonds. The van der Waals surface area contributed by atoms with Crippen LogP contribution in [0.25, 0.3) is 0 Å². The Morgan fingerprint density at radius 1 is 1.35 bits per heavy atom. The van der Waals surface area contributed by atoms with Gasteiger partial charge in [0.1, 0.15) is 0 Å². The number of halogens is 1. The summed E-state index contributed by atoms with van der Waals surface area (Å²) in [6.07, 6.45) is -0.589. The topological polar surface area (TPSA) is 66.4 Å². The van der Waals surface area contributed by atoms with E-state index in [2.05, 4.69) is 4.72 Å². The molecule has 0 fully saturated rings. The van der Waals surface area contributed by atoms with Crippen LogP contribution in [0.4, 0.5) is 4.39 Å². The van der Waals surface area contributed by atoms with Gasteiger partial charge in [-0.1, -0.05) is 27.7 Å². The van der Waals surface area contributed by atoms with Gasteiger partial charge in [0, 0.05) is 12.0 Å². The Morgan fingerprint density at radius 3 is 2.29 bits per heavy atom. The SMILES string of the molecule is CC(C)C(O)C(C)(C)CNS(=O)(=O)CCCF. The van der Waals surface area contributed by atoms with E-state index in [0.717, 1.165) is 0 Å². The molecule has 0 bridgehead atoms. The molecule has 6 heteroatoms. The number of hydrogen-bond donors (Lipinski definition) is 2. The largest absolute Gasteiger partial charge is 0.392 e. The maximum atomic E-state index is 11.9. The highest BCUT2D eigenvalue weighted by molar-refractivity contribution is 7.89. The molecule has 0 heterocycles. The van der Waals surface area contributed by atoms with Crippen LogP contribution in [-0.2, 0) is 10.0 Å². The van der Waals surface area contributed by atoms with Gasteiger partial charge >= 0.3 is 0 Å². The Hall–Kier alpha value is -0.200. The van der Waals surface area contributed by atoms with E-state index in [-0.39, 0.29) is 24.6 Å². The molecule has 4 nitrogen and oxygen atoms in total. The molecule has 0 aliphatic carbocycles. The molecule has 104 valence electrons. The third kappa shape index (κ3) is 6.33. The lowest BCUT2D eigenvalue weighted by atomic mass is 9.81. The molecule has 1 unspecified atom stereocenters. The molecule has 0 saturated carbocycles. The van der Waals surface area contributed by atoms with Crippen molar-refractivity contribution in [2.45, 2.75) is 40.2 Å². The molecule has 0 radical (unpaired) electrons. The second-order valence-electron chi connectivity index (χ2n) is 5.36. The number of nitrogens with one attached hydrogen (secondary N) is 1. The van der Waals surface area contributed by atoms with Crippen molar-refractivity contribution in [3.05, 3.63) is 0 Å². The molecule has 2 N–H and O–H groups in total. The van der Waals surface area contributed by atoms with Gasteiger partial charge in [0.2, 0.25) is 10.0 Å². The van der Waals surface area contributed by atoms with Gasteiger partial charge in [-0.05, 0) is 12.3 Å². The van der Waals surface area contributed by atoms with E-state index in [1.807, 2.05) is 13.8 Å². The summed E-state index contributed by atoms with van der Waals surface area (Å²) in [6, 6.07) is 0. The zero-order chi connectivity index (χ0) is 13.7. The maximum absolute atomic E-state index is 11.9. The van der Waals surface area contributed by atoms with Gasteiger partial charge < -0.3 is 5.11 Å². The molecule has 0 aromatic carbocycles. The molecular formula is C11H24FNO3S. The summed E-state index contributed by atoms with van der Waals surface area (Å²) in [5, 5.41) is 9.93. The Balaban J connectivity index is 4.35. The van der Waals surface area contributed by atoms with Crippen LogP contribution in [0.5, 0.6) is 0 Å². The van der Waals surface area contributed by atoms with E-state index in [0.29, 0.717) is 0 Å². The Bertz CT molecular complexity index is 315. The van der Waals surface area contributed by atoms with Gasteiger partial charge in [-0.15, -0.1) is 0 Å². The zero-order valence-corrected chi connectivity index (χ0v) is 11.8. The van der Waals surface area contributed by atoms with E-state index in [1.165, 1.54) is 0 Å². The minimum absolute atomic E-state index is 0.00248. The summed E-state index contributed by atoms with van der Waals surface area (Å²) in [5.74, 6) is -0.155. The molecule has 0 aliphatic heterocycles. The number of aliphatic hydroxyl groups is 1. The van der Waals surface area contributed by atoms with Gasteiger partial charge in [-0.3, -0.25) is 4.39 Å². The first-order chi connectivity index (χ1) is 7.62. The molecule has 0 saturated heterocycles. The highest BCUT2D eigenvalue weighted by Crippen LogP contribution is 2.25. The van der Waals surface area contributed by atoms with Crippen molar-refractivity contribution < 1.29 is 17.9 Å². The molecule has 0 aromatic rings. The van der Waals surface area contributed by atoms with E-state index >= 15 is 0 Å².